The molecule has 0 radical (unpaired) electrons. The fraction of sp³-hybridized carbons (Fsp3) is 0.350. The van der Waals surface area contributed by atoms with Gasteiger partial charge in [0, 0.05) is 30.2 Å². The van der Waals surface area contributed by atoms with E-state index in [1.807, 2.05) is 37.3 Å². The third-order valence-electron chi connectivity index (χ3n) is 4.13. The Kier molecular flexibility index (Phi) is 5.80. The number of anilines is 1. The maximum absolute atomic E-state index is 12.2. The Morgan fingerprint density at radius 3 is 2.52 bits per heavy atom. The van der Waals surface area contributed by atoms with Crippen LogP contribution in [0.3, 0.4) is 0 Å². The molecule has 122 valence electrons. The monoisotopic (exact) mass is 311 g/mol. The number of fused-ring (bicyclic) bond motifs is 1. The summed E-state index contributed by atoms with van der Waals surface area (Å²) in [6.45, 7) is 10.2. The number of hydrogen-bond acceptors (Lipinski definition) is 3. The minimum absolute atomic E-state index is 0.294. The van der Waals surface area contributed by atoms with Crippen molar-refractivity contribution in [2.75, 3.05) is 18.0 Å². The van der Waals surface area contributed by atoms with Crippen LogP contribution in [-0.4, -0.2) is 13.1 Å². The first-order chi connectivity index (χ1) is 11.1. The van der Waals surface area contributed by atoms with E-state index in [4.69, 9.17) is 4.42 Å². The van der Waals surface area contributed by atoms with Crippen molar-refractivity contribution in [1.82, 2.24) is 0 Å². The van der Waals surface area contributed by atoms with Gasteiger partial charge in [0.25, 0.3) is 0 Å². The first-order valence-electron chi connectivity index (χ1n) is 8.29. The summed E-state index contributed by atoms with van der Waals surface area (Å²) in [4.78, 5) is 14.4. The maximum atomic E-state index is 12.2. The van der Waals surface area contributed by atoms with Crippen LogP contribution >= 0.6 is 0 Å². The number of benzene rings is 1. The SMILES string of the molecule is C/C=C(/C=C/c1cc2ccc(N(CC)CC)cc2oc1=O)CC. The lowest BCUT2D eigenvalue weighted by atomic mass is 10.1. The number of rotatable bonds is 6. The average molecular weight is 311 g/mol. The standard InChI is InChI=1S/C20H25NO2/c1-5-15(6-2)9-10-17-13-16-11-12-18(21(7-3)8-4)14-19(16)23-20(17)22/h5,9-14H,6-8H2,1-4H3/b10-9+,15-5+. The van der Waals surface area contributed by atoms with E-state index in [1.54, 1.807) is 0 Å². The number of nitrogens with zero attached hydrogens (tertiary/aromatic N) is 1. The van der Waals surface area contributed by atoms with E-state index in [0.717, 1.165) is 30.6 Å². The predicted molar refractivity (Wildman–Crippen MR) is 99.1 cm³/mol. The van der Waals surface area contributed by atoms with Crippen molar-refractivity contribution in [3.8, 4) is 0 Å². The molecule has 0 aliphatic carbocycles. The van der Waals surface area contributed by atoms with Gasteiger partial charge in [0.1, 0.15) is 5.58 Å². The quantitative estimate of drug-likeness (QED) is 0.555. The van der Waals surface area contributed by atoms with Gasteiger partial charge in [-0.05, 0) is 51.5 Å². The van der Waals surface area contributed by atoms with E-state index >= 15 is 0 Å². The van der Waals surface area contributed by atoms with Crippen LogP contribution in [0.5, 0.6) is 0 Å². The first kappa shape index (κ1) is 17.1. The molecule has 0 saturated heterocycles. The Morgan fingerprint density at radius 2 is 1.91 bits per heavy atom. The van der Waals surface area contributed by atoms with Gasteiger partial charge in [-0.15, -0.1) is 0 Å². The van der Waals surface area contributed by atoms with Crippen LogP contribution in [-0.2, 0) is 0 Å². The van der Waals surface area contributed by atoms with Crippen molar-refractivity contribution >= 4 is 22.7 Å². The Bertz CT molecular complexity index is 780. The second-order valence-electron chi connectivity index (χ2n) is 5.43. The van der Waals surface area contributed by atoms with Crippen LogP contribution in [0.15, 0.2) is 51.2 Å². The van der Waals surface area contributed by atoms with Crippen LogP contribution in [0.4, 0.5) is 5.69 Å². The molecule has 0 aliphatic heterocycles. The van der Waals surface area contributed by atoms with Gasteiger partial charge in [-0.2, -0.15) is 0 Å². The van der Waals surface area contributed by atoms with Gasteiger partial charge in [-0.3, -0.25) is 0 Å². The van der Waals surface area contributed by atoms with Crippen LogP contribution in [0.2, 0.25) is 0 Å². The third kappa shape index (κ3) is 3.92. The topological polar surface area (TPSA) is 33.5 Å². The second-order valence-corrected chi connectivity index (χ2v) is 5.43. The smallest absolute Gasteiger partial charge is 0.343 e. The Hall–Kier alpha value is -2.29. The molecule has 0 spiro atoms. The third-order valence-corrected chi connectivity index (χ3v) is 4.13. The van der Waals surface area contributed by atoms with Crippen molar-refractivity contribution < 1.29 is 4.42 Å². The minimum atomic E-state index is -0.294. The molecular formula is C20H25NO2. The molecule has 2 rings (SSSR count). The summed E-state index contributed by atoms with van der Waals surface area (Å²) < 4.78 is 5.52. The van der Waals surface area contributed by atoms with Gasteiger partial charge >= 0.3 is 5.63 Å². The van der Waals surface area contributed by atoms with E-state index in [2.05, 4.69) is 37.8 Å². The fourth-order valence-corrected chi connectivity index (χ4v) is 2.63. The first-order valence-corrected chi connectivity index (χ1v) is 8.29. The molecule has 1 heterocycles. The molecule has 1 aromatic carbocycles. The predicted octanol–water partition coefficient (Wildman–Crippen LogP) is 5.01. The maximum Gasteiger partial charge on any atom is 0.343 e. The highest BCUT2D eigenvalue weighted by Gasteiger charge is 2.07. The highest BCUT2D eigenvalue weighted by atomic mass is 16.4. The zero-order valence-corrected chi connectivity index (χ0v) is 14.4. The summed E-state index contributed by atoms with van der Waals surface area (Å²) >= 11 is 0. The molecule has 0 saturated carbocycles. The van der Waals surface area contributed by atoms with Crippen molar-refractivity contribution in [2.45, 2.75) is 34.1 Å². The molecule has 2 aromatic rings. The zero-order valence-electron chi connectivity index (χ0n) is 14.4. The lowest BCUT2D eigenvalue weighted by Gasteiger charge is -2.20. The van der Waals surface area contributed by atoms with E-state index in [-0.39, 0.29) is 5.63 Å². The normalized spacial score (nSPS) is 12.3. The zero-order chi connectivity index (χ0) is 16.8. The molecule has 1 aromatic heterocycles. The highest BCUT2D eigenvalue weighted by Crippen LogP contribution is 2.22. The summed E-state index contributed by atoms with van der Waals surface area (Å²) in [5, 5.41) is 0.943. The van der Waals surface area contributed by atoms with Crippen LogP contribution in [0.25, 0.3) is 17.0 Å². The fourth-order valence-electron chi connectivity index (χ4n) is 2.63. The van der Waals surface area contributed by atoms with Crippen molar-refractivity contribution in [3.63, 3.8) is 0 Å². The van der Waals surface area contributed by atoms with Crippen LogP contribution in [0, 0.1) is 0 Å². The van der Waals surface area contributed by atoms with Gasteiger partial charge < -0.3 is 9.32 Å². The van der Waals surface area contributed by atoms with Gasteiger partial charge in [0.15, 0.2) is 0 Å². The molecule has 0 unspecified atom stereocenters. The molecule has 0 N–H and O–H groups in total. The molecule has 3 heteroatoms. The summed E-state index contributed by atoms with van der Waals surface area (Å²) in [7, 11) is 0. The van der Waals surface area contributed by atoms with Crippen LogP contribution in [0.1, 0.15) is 39.7 Å². The molecule has 0 aliphatic rings. The van der Waals surface area contributed by atoms with Crippen molar-refractivity contribution in [3.05, 3.63) is 58.0 Å². The second kappa shape index (κ2) is 7.82. The summed E-state index contributed by atoms with van der Waals surface area (Å²) in [6.07, 6.45) is 6.80. The lowest BCUT2D eigenvalue weighted by Crippen LogP contribution is -2.21. The number of allylic oxidation sites excluding steroid dienone is 3. The van der Waals surface area contributed by atoms with Gasteiger partial charge in [0.2, 0.25) is 0 Å². The molecule has 0 amide bonds. The van der Waals surface area contributed by atoms with E-state index in [0.29, 0.717) is 11.1 Å². The molecule has 0 fully saturated rings. The van der Waals surface area contributed by atoms with Gasteiger partial charge in [-0.25, -0.2) is 4.79 Å². The van der Waals surface area contributed by atoms with E-state index in [1.165, 1.54) is 5.57 Å². The van der Waals surface area contributed by atoms with Gasteiger partial charge in [0.05, 0.1) is 5.56 Å². The van der Waals surface area contributed by atoms with Gasteiger partial charge in [-0.1, -0.05) is 24.6 Å². The van der Waals surface area contributed by atoms with Crippen molar-refractivity contribution in [1.29, 1.82) is 0 Å². The largest absolute Gasteiger partial charge is 0.422 e. The molecular weight excluding hydrogens is 286 g/mol. The molecule has 0 bridgehead atoms. The summed E-state index contributed by atoms with van der Waals surface area (Å²) in [5.74, 6) is 0. The minimum Gasteiger partial charge on any atom is -0.422 e. The Balaban J connectivity index is 2.43. The lowest BCUT2D eigenvalue weighted by molar-refractivity contribution is 0.559. The molecule has 0 atom stereocenters. The average Bonchev–Trinajstić information content (AvgIpc) is 2.57. The van der Waals surface area contributed by atoms with E-state index in [9.17, 15) is 4.79 Å². The van der Waals surface area contributed by atoms with Crippen LogP contribution < -0.4 is 10.5 Å². The molecule has 3 nitrogen and oxygen atoms in total. The Labute approximate surface area is 137 Å². The summed E-state index contributed by atoms with van der Waals surface area (Å²) in [6, 6.07) is 7.93. The van der Waals surface area contributed by atoms with Crippen molar-refractivity contribution in [2.24, 2.45) is 0 Å². The summed E-state index contributed by atoms with van der Waals surface area (Å²) in [5.41, 5.74) is 3.20. The highest BCUT2D eigenvalue weighted by molar-refractivity contribution is 5.82. The van der Waals surface area contributed by atoms with E-state index < -0.39 is 0 Å². The Morgan fingerprint density at radius 1 is 1.17 bits per heavy atom. The number of hydrogen-bond donors (Lipinski definition) is 0. The molecule has 23 heavy (non-hydrogen) atoms.